The fourth-order valence-electron chi connectivity index (χ4n) is 1.29. The van der Waals surface area contributed by atoms with E-state index in [1.165, 1.54) is 12.8 Å². The zero-order chi connectivity index (χ0) is 10.8. The molecule has 0 aliphatic heterocycles. The van der Waals surface area contributed by atoms with Crippen molar-refractivity contribution in [3.05, 3.63) is 16.1 Å². The summed E-state index contributed by atoms with van der Waals surface area (Å²) in [7, 11) is 0. The molecule has 2 rings (SSSR count). The van der Waals surface area contributed by atoms with Gasteiger partial charge in [-0.05, 0) is 26.7 Å². The predicted molar refractivity (Wildman–Crippen MR) is 63.0 cm³/mol. The summed E-state index contributed by atoms with van der Waals surface area (Å²) in [5, 5.41) is 6.26. The molecule has 0 radical (unpaired) electrons. The second-order valence-electron chi connectivity index (χ2n) is 3.94. The lowest BCUT2D eigenvalue weighted by Crippen LogP contribution is -2.34. The maximum absolute atomic E-state index is 5.78. The van der Waals surface area contributed by atoms with Gasteiger partial charge >= 0.3 is 0 Å². The number of aliphatic imine (C=N–C) groups is 1. The largest absolute Gasteiger partial charge is 0.370 e. The van der Waals surface area contributed by atoms with Gasteiger partial charge in [0.25, 0.3) is 0 Å². The van der Waals surface area contributed by atoms with Crippen molar-refractivity contribution < 1.29 is 0 Å². The van der Waals surface area contributed by atoms with Gasteiger partial charge in [0.05, 0.1) is 12.1 Å². The molecule has 82 valence electrons. The Bertz CT molecular complexity index is 367. The molecule has 1 saturated carbocycles. The molecule has 0 spiro atoms. The van der Waals surface area contributed by atoms with Crippen LogP contribution in [0.15, 0.2) is 10.4 Å². The molecule has 1 aliphatic rings. The first-order valence-corrected chi connectivity index (χ1v) is 6.05. The summed E-state index contributed by atoms with van der Waals surface area (Å²) in [5.41, 5.74) is 6.83. The van der Waals surface area contributed by atoms with Crippen LogP contribution in [0.2, 0.25) is 0 Å². The molecular weight excluding hydrogens is 208 g/mol. The Morgan fingerprint density at radius 2 is 2.47 bits per heavy atom. The van der Waals surface area contributed by atoms with Crippen LogP contribution >= 0.6 is 11.3 Å². The van der Waals surface area contributed by atoms with Gasteiger partial charge in [-0.3, -0.25) is 4.99 Å². The zero-order valence-electron chi connectivity index (χ0n) is 9.03. The van der Waals surface area contributed by atoms with Crippen LogP contribution in [0.5, 0.6) is 0 Å². The van der Waals surface area contributed by atoms with Gasteiger partial charge < -0.3 is 11.1 Å². The minimum absolute atomic E-state index is 0.145. The van der Waals surface area contributed by atoms with E-state index in [0.29, 0.717) is 12.0 Å². The highest BCUT2D eigenvalue weighted by Gasteiger charge is 2.21. The number of rotatable bonds is 3. The highest BCUT2D eigenvalue weighted by molar-refractivity contribution is 7.09. The molecule has 1 unspecified atom stereocenters. The lowest BCUT2D eigenvalue weighted by molar-refractivity contribution is 0.699. The Morgan fingerprint density at radius 1 is 1.73 bits per heavy atom. The van der Waals surface area contributed by atoms with E-state index in [2.05, 4.69) is 15.3 Å². The van der Waals surface area contributed by atoms with Crippen LogP contribution in [0.4, 0.5) is 0 Å². The second kappa shape index (κ2) is 4.18. The monoisotopic (exact) mass is 224 g/mol. The van der Waals surface area contributed by atoms with Crippen molar-refractivity contribution in [1.82, 2.24) is 10.3 Å². The SMILES string of the molecule is Cc1csc(C(C)NC(N)=NC2CC2)n1. The van der Waals surface area contributed by atoms with E-state index in [-0.39, 0.29) is 6.04 Å². The number of hydrogen-bond acceptors (Lipinski definition) is 3. The molecule has 1 aliphatic carbocycles. The zero-order valence-corrected chi connectivity index (χ0v) is 9.84. The highest BCUT2D eigenvalue weighted by Crippen LogP contribution is 2.23. The summed E-state index contributed by atoms with van der Waals surface area (Å²) >= 11 is 1.65. The number of nitrogens with two attached hydrogens (primary N) is 1. The predicted octanol–water partition coefficient (Wildman–Crippen LogP) is 1.58. The lowest BCUT2D eigenvalue weighted by atomic mass is 10.3. The van der Waals surface area contributed by atoms with E-state index >= 15 is 0 Å². The first kappa shape index (κ1) is 10.4. The molecule has 0 amide bonds. The van der Waals surface area contributed by atoms with Gasteiger partial charge in [0, 0.05) is 11.1 Å². The number of thiazole rings is 1. The van der Waals surface area contributed by atoms with E-state index in [1.54, 1.807) is 11.3 Å². The molecule has 1 heterocycles. The Hall–Kier alpha value is -1.10. The maximum Gasteiger partial charge on any atom is 0.189 e. The van der Waals surface area contributed by atoms with Crippen LogP contribution in [-0.2, 0) is 0 Å². The summed E-state index contributed by atoms with van der Waals surface area (Å²) in [6.07, 6.45) is 2.35. The van der Waals surface area contributed by atoms with Crippen molar-refractivity contribution in [3.8, 4) is 0 Å². The van der Waals surface area contributed by atoms with E-state index in [0.717, 1.165) is 10.7 Å². The second-order valence-corrected chi connectivity index (χ2v) is 4.83. The first-order valence-electron chi connectivity index (χ1n) is 5.17. The highest BCUT2D eigenvalue weighted by atomic mass is 32.1. The molecule has 1 fully saturated rings. The Labute approximate surface area is 93.6 Å². The quantitative estimate of drug-likeness (QED) is 0.605. The van der Waals surface area contributed by atoms with E-state index in [1.807, 2.05) is 19.2 Å². The molecule has 1 aromatic heterocycles. The third kappa shape index (κ3) is 2.92. The molecule has 0 saturated heterocycles. The van der Waals surface area contributed by atoms with Gasteiger partial charge in [0.2, 0.25) is 0 Å². The molecule has 15 heavy (non-hydrogen) atoms. The minimum atomic E-state index is 0.145. The van der Waals surface area contributed by atoms with Gasteiger partial charge in [-0.2, -0.15) is 0 Å². The van der Waals surface area contributed by atoms with Crippen molar-refractivity contribution >= 4 is 17.3 Å². The number of nitrogens with one attached hydrogen (secondary N) is 1. The Balaban J connectivity index is 1.93. The smallest absolute Gasteiger partial charge is 0.189 e. The minimum Gasteiger partial charge on any atom is -0.370 e. The third-order valence-corrected chi connectivity index (χ3v) is 3.39. The summed E-state index contributed by atoms with van der Waals surface area (Å²) < 4.78 is 0. The van der Waals surface area contributed by atoms with Crippen LogP contribution < -0.4 is 11.1 Å². The number of guanidine groups is 1. The van der Waals surface area contributed by atoms with Crippen LogP contribution in [-0.4, -0.2) is 17.0 Å². The molecule has 4 nitrogen and oxygen atoms in total. The van der Waals surface area contributed by atoms with Crippen molar-refractivity contribution in [2.45, 2.75) is 38.8 Å². The van der Waals surface area contributed by atoms with Crippen LogP contribution in [0.3, 0.4) is 0 Å². The van der Waals surface area contributed by atoms with Gasteiger partial charge in [0.1, 0.15) is 5.01 Å². The van der Waals surface area contributed by atoms with Gasteiger partial charge in [-0.1, -0.05) is 0 Å². The third-order valence-electron chi connectivity index (χ3n) is 2.24. The molecule has 3 N–H and O–H groups in total. The van der Waals surface area contributed by atoms with E-state index in [4.69, 9.17) is 5.73 Å². The van der Waals surface area contributed by atoms with Crippen molar-refractivity contribution in [2.75, 3.05) is 0 Å². The normalized spacial score (nSPS) is 18.9. The Morgan fingerprint density at radius 3 is 3.00 bits per heavy atom. The van der Waals surface area contributed by atoms with Gasteiger partial charge in [0.15, 0.2) is 5.96 Å². The van der Waals surface area contributed by atoms with Crippen molar-refractivity contribution in [2.24, 2.45) is 10.7 Å². The van der Waals surface area contributed by atoms with Crippen LogP contribution in [0, 0.1) is 6.92 Å². The number of aryl methyl sites for hydroxylation is 1. The topological polar surface area (TPSA) is 63.3 Å². The average molecular weight is 224 g/mol. The molecule has 0 bridgehead atoms. The number of hydrogen-bond donors (Lipinski definition) is 2. The summed E-state index contributed by atoms with van der Waals surface area (Å²) in [6.45, 7) is 4.04. The van der Waals surface area contributed by atoms with Gasteiger partial charge in [-0.15, -0.1) is 11.3 Å². The Kier molecular flexibility index (Phi) is 2.90. The van der Waals surface area contributed by atoms with E-state index in [9.17, 15) is 0 Å². The average Bonchev–Trinajstić information content (AvgIpc) is 2.85. The molecular formula is C10H16N4S. The van der Waals surface area contributed by atoms with Crippen molar-refractivity contribution in [1.29, 1.82) is 0 Å². The molecule has 0 aromatic carbocycles. The molecule has 1 aromatic rings. The lowest BCUT2D eigenvalue weighted by Gasteiger charge is -2.11. The summed E-state index contributed by atoms with van der Waals surface area (Å²) in [6, 6.07) is 0.605. The van der Waals surface area contributed by atoms with Crippen LogP contribution in [0.1, 0.15) is 36.5 Å². The van der Waals surface area contributed by atoms with Crippen molar-refractivity contribution in [3.63, 3.8) is 0 Å². The van der Waals surface area contributed by atoms with Gasteiger partial charge in [-0.25, -0.2) is 4.98 Å². The molecule has 1 atom stereocenters. The number of nitrogens with zero attached hydrogens (tertiary/aromatic N) is 2. The van der Waals surface area contributed by atoms with Crippen LogP contribution in [0.25, 0.3) is 0 Å². The van der Waals surface area contributed by atoms with E-state index < -0.39 is 0 Å². The standard InChI is InChI=1S/C10H16N4S/c1-6-5-15-9(12-6)7(2)13-10(11)14-8-3-4-8/h5,7-8H,3-4H2,1-2H3,(H3,11,13,14). The first-order chi connectivity index (χ1) is 7.15. The fourth-order valence-corrected chi connectivity index (χ4v) is 2.10. The summed E-state index contributed by atoms with van der Waals surface area (Å²) in [5.74, 6) is 0.540. The number of aromatic nitrogens is 1. The molecule has 5 heteroatoms. The maximum atomic E-state index is 5.78. The summed E-state index contributed by atoms with van der Waals surface area (Å²) in [4.78, 5) is 8.72. The fraction of sp³-hybridized carbons (Fsp3) is 0.600.